The monoisotopic (exact) mass is 560 g/mol. The summed E-state index contributed by atoms with van der Waals surface area (Å²) < 4.78 is 7.49. The van der Waals surface area contributed by atoms with Crippen molar-refractivity contribution in [3.8, 4) is 5.75 Å². The fourth-order valence-electron chi connectivity index (χ4n) is 5.83. The lowest BCUT2D eigenvalue weighted by molar-refractivity contribution is 0.0741. The third kappa shape index (κ3) is 7.79. The van der Waals surface area contributed by atoms with E-state index in [0.29, 0.717) is 5.69 Å². The van der Waals surface area contributed by atoms with Crippen molar-refractivity contribution >= 4 is 28.7 Å². The van der Waals surface area contributed by atoms with Crippen LogP contribution in [0, 0.1) is 11.8 Å². The number of benzene rings is 1. The molecule has 3 fully saturated rings. The highest BCUT2D eigenvalue weighted by atomic mass is 16.5. The van der Waals surface area contributed by atoms with Crippen LogP contribution in [0.4, 0.5) is 11.6 Å². The Labute approximate surface area is 245 Å². The second kappa shape index (κ2) is 13.7. The van der Waals surface area contributed by atoms with E-state index >= 15 is 0 Å². The van der Waals surface area contributed by atoms with E-state index in [4.69, 9.17) is 14.7 Å². The van der Waals surface area contributed by atoms with E-state index in [1.807, 2.05) is 36.4 Å². The number of hydrogen-bond acceptors (Lipinski definition) is 6. The lowest BCUT2D eigenvalue weighted by Crippen LogP contribution is -2.34. The van der Waals surface area contributed by atoms with Crippen LogP contribution in [0.25, 0.3) is 11.2 Å². The van der Waals surface area contributed by atoms with E-state index in [1.54, 1.807) is 7.11 Å². The van der Waals surface area contributed by atoms with Crippen LogP contribution in [-0.2, 0) is 6.54 Å². The number of ether oxygens (including phenoxy) is 1. The number of fused-ring (bicyclic) bond motifs is 1. The van der Waals surface area contributed by atoms with E-state index in [9.17, 15) is 4.79 Å². The van der Waals surface area contributed by atoms with Crippen molar-refractivity contribution in [2.24, 2.45) is 11.8 Å². The summed E-state index contributed by atoms with van der Waals surface area (Å²) in [6.07, 6.45) is 12.4. The molecule has 0 spiro atoms. The van der Waals surface area contributed by atoms with E-state index in [-0.39, 0.29) is 13.3 Å². The molecule has 1 aromatic carbocycles. The number of hydrogen-bond donors (Lipinski definition) is 1. The number of imidazole rings is 1. The molecule has 6 rings (SSSR count). The van der Waals surface area contributed by atoms with Gasteiger partial charge < -0.3 is 19.9 Å². The Hall–Kier alpha value is -3.13. The third-order valence-electron chi connectivity index (χ3n) is 8.76. The fraction of sp³-hybridized carbons (Fsp3) is 0.606. The number of aryl methyl sites for hydroxylation is 1. The van der Waals surface area contributed by atoms with Crippen LogP contribution in [0.3, 0.4) is 0 Å². The third-order valence-corrected chi connectivity index (χ3v) is 8.76. The number of nitrogens with zero attached hydrogens (tertiary/aromatic N) is 5. The van der Waals surface area contributed by atoms with Crippen LogP contribution in [0.2, 0.25) is 0 Å². The van der Waals surface area contributed by atoms with E-state index in [1.165, 1.54) is 58.0 Å². The average Bonchev–Trinajstić information content (AvgIpc) is 3.93. The molecule has 2 aromatic heterocycles. The quantitative estimate of drug-likeness (QED) is 0.235. The first-order valence-corrected chi connectivity index (χ1v) is 15.5. The molecule has 3 aliphatic rings. The van der Waals surface area contributed by atoms with Crippen molar-refractivity contribution in [1.29, 1.82) is 0 Å². The number of carbonyl (C=O) groups excluding carboxylic acids is 1. The van der Waals surface area contributed by atoms with Crippen LogP contribution in [0.15, 0.2) is 36.4 Å². The molecule has 1 N–H and O–H groups in total. The Bertz CT molecular complexity index is 1260. The van der Waals surface area contributed by atoms with Gasteiger partial charge in [-0.1, -0.05) is 39.5 Å². The van der Waals surface area contributed by atoms with Gasteiger partial charge in [-0.2, -0.15) is 0 Å². The Morgan fingerprint density at radius 1 is 0.927 bits per heavy atom. The second-order valence-electron chi connectivity index (χ2n) is 12.0. The Morgan fingerprint density at radius 3 is 2.24 bits per heavy atom. The molecule has 0 radical (unpaired) electrons. The molecule has 222 valence electrons. The molecule has 1 aliphatic heterocycles. The number of aromatic nitrogens is 3. The van der Waals surface area contributed by atoms with E-state index in [2.05, 4.69) is 19.7 Å². The standard InChI is InChI=1S/C32H44N6O2.CH4/c1-40-27-12-10-26(11-13-27)33-32-35-28-14-15-29(31(39)37(22-16-24-6-7-24)23-17-25-8-9-25)34-30(28)38(32)21-5-20-36-18-3-2-4-19-36;/h10-15,24-25H,2-9,16-23H2,1H3,(H,33,35);1H4. The van der Waals surface area contributed by atoms with E-state index < -0.39 is 0 Å². The zero-order chi connectivity index (χ0) is 27.3. The predicted molar refractivity (Wildman–Crippen MR) is 166 cm³/mol. The van der Waals surface area contributed by atoms with Gasteiger partial charge in [0.05, 0.1) is 7.11 Å². The molecule has 0 atom stereocenters. The van der Waals surface area contributed by atoms with Crippen LogP contribution >= 0.6 is 0 Å². The van der Waals surface area contributed by atoms with Crippen molar-refractivity contribution in [2.45, 2.75) is 78.2 Å². The first kappa shape index (κ1) is 29.4. The molecule has 0 bridgehead atoms. The zero-order valence-corrected chi connectivity index (χ0v) is 24.0. The zero-order valence-electron chi connectivity index (χ0n) is 24.0. The van der Waals surface area contributed by atoms with Crippen LogP contribution in [-0.4, -0.2) is 70.1 Å². The summed E-state index contributed by atoms with van der Waals surface area (Å²) in [7, 11) is 1.67. The van der Waals surface area contributed by atoms with Gasteiger partial charge in [-0.25, -0.2) is 9.97 Å². The van der Waals surface area contributed by atoms with Gasteiger partial charge in [0.2, 0.25) is 5.95 Å². The van der Waals surface area contributed by atoms with Crippen molar-refractivity contribution in [3.05, 3.63) is 42.1 Å². The van der Waals surface area contributed by atoms with E-state index in [0.717, 1.165) is 85.8 Å². The minimum absolute atomic E-state index is 0. The number of amides is 1. The topological polar surface area (TPSA) is 75.5 Å². The number of piperidine rings is 1. The number of pyridine rings is 1. The van der Waals surface area contributed by atoms with Crippen molar-refractivity contribution in [3.63, 3.8) is 0 Å². The van der Waals surface area contributed by atoms with Gasteiger partial charge in [0.1, 0.15) is 17.0 Å². The summed E-state index contributed by atoms with van der Waals surface area (Å²) in [6, 6.07) is 11.7. The summed E-state index contributed by atoms with van der Waals surface area (Å²) in [5, 5.41) is 3.50. The molecule has 2 saturated carbocycles. The molecular weight excluding hydrogens is 512 g/mol. The maximum atomic E-state index is 13.7. The summed E-state index contributed by atoms with van der Waals surface area (Å²) in [5.74, 6) is 3.25. The molecule has 3 heterocycles. The van der Waals surface area contributed by atoms with Crippen molar-refractivity contribution < 1.29 is 9.53 Å². The smallest absolute Gasteiger partial charge is 0.272 e. The first-order valence-electron chi connectivity index (χ1n) is 15.5. The number of anilines is 2. The Balaban J connectivity index is 0.00000337. The normalized spacial score (nSPS) is 17.3. The number of carbonyl (C=O) groups is 1. The minimum Gasteiger partial charge on any atom is -0.497 e. The number of nitrogens with one attached hydrogen (secondary N) is 1. The first-order chi connectivity index (χ1) is 19.7. The lowest BCUT2D eigenvalue weighted by atomic mass is 10.1. The molecule has 3 aromatic rings. The number of rotatable bonds is 14. The minimum atomic E-state index is 0. The second-order valence-corrected chi connectivity index (χ2v) is 12.0. The van der Waals surface area contributed by atoms with Gasteiger partial charge in [-0.3, -0.25) is 9.36 Å². The fourth-order valence-corrected chi connectivity index (χ4v) is 5.83. The van der Waals surface area contributed by atoms with Crippen LogP contribution in [0.5, 0.6) is 5.75 Å². The average molecular weight is 561 g/mol. The van der Waals surface area contributed by atoms with Gasteiger partial charge in [-0.05, 0) is 100.0 Å². The highest BCUT2D eigenvalue weighted by Gasteiger charge is 2.27. The number of likely N-dealkylation sites (tertiary alicyclic amines) is 1. The summed E-state index contributed by atoms with van der Waals surface area (Å²) in [4.78, 5) is 28.3. The van der Waals surface area contributed by atoms with Crippen molar-refractivity contribution in [2.75, 3.05) is 45.2 Å². The molecular formula is C33H48N6O2. The molecule has 0 unspecified atom stereocenters. The highest BCUT2D eigenvalue weighted by Crippen LogP contribution is 2.34. The molecule has 2 aliphatic carbocycles. The van der Waals surface area contributed by atoms with Gasteiger partial charge in [0.25, 0.3) is 5.91 Å². The molecule has 8 heteroatoms. The van der Waals surface area contributed by atoms with Gasteiger partial charge in [0.15, 0.2) is 5.65 Å². The largest absolute Gasteiger partial charge is 0.497 e. The Kier molecular flexibility index (Phi) is 9.80. The summed E-state index contributed by atoms with van der Waals surface area (Å²) in [6.45, 7) is 5.93. The van der Waals surface area contributed by atoms with Gasteiger partial charge in [-0.15, -0.1) is 0 Å². The molecule has 1 saturated heterocycles. The van der Waals surface area contributed by atoms with Crippen molar-refractivity contribution in [1.82, 2.24) is 24.3 Å². The predicted octanol–water partition coefficient (Wildman–Crippen LogP) is 6.74. The van der Waals surface area contributed by atoms with Crippen LogP contribution < -0.4 is 10.1 Å². The molecule has 41 heavy (non-hydrogen) atoms. The maximum Gasteiger partial charge on any atom is 0.272 e. The summed E-state index contributed by atoms with van der Waals surface area (Å²) >= 11 is 0. The van der Waals surface area contributed by atoms with Gasteiger partial charge in [0, 0.05) is 25.3 Å². The highest BCUT2D eigenvalue weighted by molar-refractivity contribution is 5.94. The van der Waals surface area contributed by atoms with Gasteiger partial charge >= 0.3 is 0 Å². The molecule has 1 amide bonds. The molecule has 8 nitrogen and oxygen atoms in total. The Morgan fingerprint density at radius 2 is 1.61 bits per heavy atom. The lowest BCUT2D eigenvalue weighted by Gasteiger charge is -2.26. The maximum absolute atomic E-state index is 13.7. The SMILES string of the molecule is C.COc1ccc(Nc2nc3ccc(C(=O)N(CCC4CC4)CCC4CC4)nc3n2CCCN2CCCCC2)cc1. The summed E-state index contributed by atoms with van der Waals surface area (Å²) in [5.41, 5.74) is 3.07. The van der Waals surface area contributed by atoms with Crippen LogP contribution in [0.1, 0.15) is 82.1 Å². The number of methoxy groups -OCH3 is 1.